The number of aliphatic hydroxyl groups is 1. The van der Waals surface area contributed by atoms with E-state index in [4.69, 9.17) is 23.7 Å². The van der Waals surface area contributed by atoms with Crippen LogP contribution in [0.1, 0.15) is 23.6 Å². The zero-order valence-corrected chi connectivity index (χ0v) is 25.1. The molecule has 5 atom stereocenters. The van der Waals surface area contributed by atoms with Crippen LogP contribution < -0.4 is 14.8 Å². The highest BCUT2D eigenvalue weighted by Crippen LogP contribution is 2.47. The molecule has 0 aromatic heterocycles. The number of urea groups is 1. The van der Waals surface area contributed by atoms with E-state index >= 15 is 0 Å². The molecular formula is C34H36N2O8. The molecule has 44 heavy (non-hydrogen) atoms. The number of amides is 3. The fourth-order valence-corrected chi connectivity index (χ4v) is 5.93. The third-order valence-electron chi connectivity index (χ3n) is 8.00. The van der Waals surface area contributed by atoms with Crippen molar-refractivity contribution in [3.63, 3.8) is 0 Å². The summed E-state index contributed by atoms with van der Waals surface area (Å²) in [6.07, 6.45) is -3.98. The van der Waals surface area contributed by atoms with Crippen LogP contribution in [0.4, 0.5) is 4.79 Å². The van der Waals surface area contributed by atoms with Gasteiger partial charge in [0.15, 0.2) is 17.7 Å². The summed E-state index contributed by atoms with van der Waals surface area (Å²) in [6.45, 7) is 1.52. The first-order chi connectivity index (χ1) is 21.4. The first kappa shape index (κ1) is 31.0. The van der Waals surface area contributed by atoms with Crippen molar-refractivity contribution >= 4 is 11.9 Å². The Morgan fingerprint density at radius 3 is 2.18 bits per heavy atom. The summed E-state index contributed by atoms with van der Waals surface area (Å²) in [4.78, 5) is 26.6. The molecule has 10 heteroatoms. The molecule has 0 spiro atoms. The molecule has 2 N–H and O–H groups in total. The van der Waals surface area contributed by atoms with Crippen molar-refractivity contribution in [3.05, 3.63) is 95.6 Å². The fourth-order valence-electron chi connectivity index (χ4n) is 5.93. The number of imide groups is 1. The third-order valence-corrected chi connectivity index (χ3v) is 8.00. The fraction of sp³-hybridized carbons (Fsp3) is 0.353. The number of nitrogens with one attached hydrogen (secondary N) is 1. The topological polar surface area (TPSA) is 116 Å². The Hall–Kier alpha value is -4.40. The van der Waals surface area contributed by atoms with Crippen LogP contribution in [-0.4, -0.2) is 81.0 Å². The zero-order chi connectivity index (χ0) is 31.3. The molecule has 3 aromatic rings. The highest BCUT2D eigenvalue weighted by Gasteiger charge is 2.51. The molecular weight excluding hydrogens is 564 g/mol. The quantitative estimate of drug-likeness (QED) is 0.269. The summed E-state index contributed by atoms with van der Waals surface area (Å²) in [6, 6.07) is 24.3. The van der Waals surface area contributed by atoms with E-state index in [0.717, 1.165) is 11.1 Å². The summed E-state index contributed by atoms with van der Waals surface area (Å²) in [5.41, 5.74) is 1.06. The molecule has 230 valence electrons. The Morgan fingerprint density at radius 1 is 0.955 bits per heavy atom. The van der Waals surface area contributed by atoms with Gasteiger partial charge in [0.05, 0.1) is 20.8 Å². The average molecular weight is 601 g/mol. The van der Waals surface area contributed by atoms with Gasteiger partial charge in [0, 0.05) is 19.2 Å². The van der Waals surface area contributed by atoms with Crippen molar-refractivity contribution in [2.75, 3.05) is 34.5 Å². The largest absolute Gasteiger partial charge is 0.493 e. The second-order valence-corrected chi connectivity index (χ2v) is 10.4. The van der Waals surface area contributed by atoms with Crippen LogP contribution in [0, 0.1) is 17.8 Å². The van der Waals surface area contributed by atoms with Crippen LogP contribution in [0.25, 0.3) is 0 Å². The van der Waals surface area contributed by atoms with E-state index in [1.54, 1.807) is 21.1 Å². The zero-order valence-electron chi connectivity index (χ0n) is 25.1. The Balaban J connectivity index is 1.55. The van der Waals surface area contributed by atoms with Gasteiger partial charge >= 0.3 is 6.03 Å². The maximum Gasteiger partial charge on any atom is 0.326 e. The number of nitrogens with zero attached hydrogens (tertiary/aromatic N) is 1. The van der Waals surface area contributed by atoms with Crippen molar-refractivity contribution in [2.45, 2.75) is 37.1 Å². The molecule has 0 radical (unpaired) electrons. The van der Waals surface area contributed by atoms with Gasteiger partial charge in [-0.25, -0.2) is 4.79 Å². The van der Waals surface area contributed by atoms with Gasteiger partial charge in [0.2, 0.25) is 5.91 Å². The molecule has 0 bridgehead atoms. The molecule has 2 fully saturated rings. The minimum Gasteiger partial charge on any atom is -0.493 e. The van der Waals surface area contributed by atoms with Gasteiger partial charge in [-0.05, 0) is 24.1 Å². The van der Waals surface area contributed by atoms with E-state index in [1.807, 2.05) is 78.9 Å². The van der Waals surface area contributed by atoms with Gasteiger partial charge in [0.25, 0.3) is 0 Å². The predicted octanol–water partition coefficient (Wildman–Crippen LogP) is 3.30. The Kier molecular flexibility index (Phi) is 9.52. The van der Waals surface area contributed by atoms with E-state index in [2.05, 4.69) is 17.2 Å². The molecule has 0 aliphatic carbocycles. The number of benzene rings is 3. The van der Waals surface area contributed by atoms with Crippen LogP contribution in [-0.2, 0) is 24.6 Å². The van der Waals surface area contributed by atoms with Gasteiger partial charge < -0.3 is 28.8 Å². The number of hydrogen-bond acceptors (Lipinski definition) is 8. The van der Waals surface area contributed by atoms with E-state index < -0.39 is 48.0 Å². The lowest BCUT2D eigenvalue weighted by Gasteiger charge is -2.38. The van der Waals surface area contributed by atoms with Crippen molar-refractivity contribution in [1.82, 2.24) is 10.2 Å². The molecule has 3 amide bonds. The van der Waals surface area contributed by atoms with Crippen LogP contribution in [0.2, 0.25) is 0 Å². The van der Waals surface area contributed by atoms with Gasteiger partial charge in [-0.1, -0.05) is 78.7 Å². The summed E-state index contributed by atoms with van der Waals surface area (Å²) >= 11 is 0. The number of carbonyl (C=O) groups is 2. The van der Waals surface area contributed by atoms with E-state index in [1.165, 1.54) is 12.0 Å². The third kappa shape index (κ3) is 5.63. The second kappa shape index (κ2) is 13.5. The molecule has 5 rings (SSSR count). The van der Waals surface area contributed by atoms with E-state index in [-0.39, 0.29) is 13.2 Å². The van der Waals surface area contributed by atoms with Crippen molar-refractivity contribution in [1.29, 1.82) is 0 Å². The summed E-state index contributed by atoms with van der Waals surface area (Å²) < 4.78 is 30.4. The normalized spacial score (nSPS) is 23.5. The van der Waals surface area contributed by atoms with E-state index in [0.29, 0.717) is 17.1 Å². The van der Waals surface area contributed by atoms with Crippen LogP contribution >= 0.6 is 0 Å². The summed E-state index contributed by atoms with van der Waals surface area (Å²) in [7, 11) is 4.58. The molecule has 10 nitrogen and oxygen atoms in total. The number of aliphatic hydroxyl groups excluding tert-OH is 1. The minimum absolute atomic E-state index is 0.00466. The van der Waals surface area contributed by atoms with Crippen molar-refractivity contribution in [3.8, 4) is 23.3 Å². The first-order valence-electron chi connectivity index (χ1n) is 14.3. The Morgan fingerprint density at radius 2 is 1.61 bits per heavy atom. The Labute approximate surface area is 256 Å². The lowest BCUT2D eigenvalue weighted by atomic mass is 9.79. The van der Waals surface area contributed by atoms with Crippen molar-refractivity contribution in [2.24, 2.45) is 5.92 Å². The summed E-state index contributed by atoms with van der Waals surface area (Å²) in [5.74, 6) is 5.35. The lowest BCUT2D eigenvalue weighted by Crippen LogP contribution is -2.60. The molecule has 2 aliphatic rings. The van der Waals surface area contributed by atoms with Crippen molar-refractivity contribution < 1.29 is 38.4 Å². The summed E-state index contributed by atoms with van der Waals surface area (Å²) in [5, 5.41) is 13.8. The maximum atomic E-state index is 12.9. The second-order valence-electron chi connectivity index (χ2n) is 10.4. The molecule has 0 saturated carbocycles. The van der Waals surface area contributed by atoms with Gasteiger partial charge in [-0.3, -0.25) is 15.0 Å². The SMILES string of the molecule is CC#CC1CN([C@@H]2O[C@H](COC(c3ccccc3)(c3ccccc3)c3cccc(OC)c3OC)[C@@H](O)[C@H]2OC)C(=O)NC1=O. The number of hydrogen-bond donors (Lipinski definition) is 2. The van der Waals surface area contributed by atoms with Crippen LogP contribution in [0.3, 0.4) is 0 Å². The average Bonchev–Trinajstić information content (AvgIpc) is 3.37. The number of carbonyl (C=O) groups excluding carboxylic acids is 2. The predicted molar refractivity (Wildman–Crippen MR) is 161 cm³/mol. The minimum atomic E-state index is -1.23. The van der Waals surface area contributed by atoms with Gasteiger partial charge in [-0.2, -0.15) is 0 Å². The smallest absolute Gasteiger partial charge is 0.326 e. The van der Waals surface area contributed by atoms with Crippen LogP contribution in [0.5, 0.6) is 11.5 Å². The number of methoxy groups -OCH3 is 3. The first-order valence-corrected chi connectivity index (χ1v) is 14.3. The number of ether oxygens (including phenoxy) is 5. The van der Waals surface area contributed by atoms with E-state index in [9.17, 15) is 14.7 Å². The maximum absolute atomic E-state index is 12.9. The standard InChI is InChI=1S/C34H36N2O8/c1-5-13-22-20-36(33(39)35-31(22)38)32-30(42-4)28(37)27(44-32)21-43-34(23-14-8-6-9-15-23,24-16-10-7-11-17-24)25-18-12-19-26(40-2)29(25)41-3/h6-12,14-19,22,27-28,30,32,37H,20-21H2,1-4H3,(H,35,38,39)/t22?,27-,28-,30-,32-/m1/s1. The van der Waals surface area contributed by atoms with Gasteiger partial charge in [-0.15, -0.1) is 5.92 Å². The molecule has 2 heterocycles. The highest BCUT2D eigenvalue weighted by molar-refractivity contribution is 5.99. The molecule has 2 aliphatic heterocycles. The number of para-hydroxylation sites is 1. The van der Waals surface area contributed by atoms with Gasteiger partial charge in [0.1, 0.15) is 29.8 Å². The Bertz CT molecular complexity index is 1480. The monoisotopic (exact) mass is 600 g/mol. The molecule has 2 saturated heterocycles. The number of rotatable bonds is 10. The van der Waals surface area contributed by atoms with Crippen LogP contribution in [0.15, 0.2) is 78.9 Å². The highest BCUT2D eigenvalue weighted by atomic mass is 16.6. The molecule has 1 unspecified atom stereocenters. The molecule has 3 aromatic carbocycles. The lowest BCUT2D eigenvalue weighted by molar-refractivity contribution is -0.132.